The van der Waals surface area contributed by atoms with Crippen LogP contribution < -0.4 is 16.0 Å². The number of alkyl halides is 3. The fourth-order valence-electron chi connectivity index (χ4n) is 1.96. The van der Waals surface area contributed by atoms with E-state index in [2.05, 4.69) is 15.0 Å². The van der Waals surface area contributed by atoms with Crippen molar-refractivity contribution in [2.24, 2.45) is 0 Å². The molecule has 2 rings (SSSR count). The number of hydrogen-bond donors (Lipinski definition) is 2. The molecule has 0 aliphatic carbocycles. The Hall–Kier alpha value is -2.97. The maximum absolute atomic E-state index is 13.4. The highest BCUT2D eigenvalue weighted by molar-refractivity contribution is 5.88. The number of nitrogens with one attached hydrogen (secondary N) is 1. The molecule has 0 radical (unpaired) electrons. The van der Waals surface area contributed by atoms with Crippen LogP contribution in [0.1, 0.15) is 6.92 Å². The topological polar surface area (TPSA) is 80.5 Å². The molecule has 0 aliphatic heterocycles. The quantitative estimate of drug-likeness (QED) is 0.826. The summed E-state index contributed by atoms with van der Waals surface area (Å²) < 4.78 is 44.8. The Morgan fingerprint density at radius 2 is 1.92 bits per heavy atom. The van der Waals surface area contributed by atoms with Gasteiger partial charge in [-0.1, -0.05) is 18.2 Å². The van der Waals surface area contributed by atoms with Gasteiger partial charge in [-0.05, 0) is 31.2 Å². The van der Waals surface area contributed by atoms with Crippen molar-refractivity contribution in [3.8, 4) is 0 Å². The van der Waals surface area contributed by atoms with Crippen molar-refractivity contribution in [1.82, 2.24) is 4.98 Å². The van der Waals surface area contributed by atoms with Crippen LogP contribution in [0.15, 0.2) is 42.5 Å². The number of nitrogen functional groups attached to an aromatic ring is 1. The number of pyridine rings is 1. The monoisotopic (exact) mass is 340 g/mol. The summed E-state index contributed by atoms with van der Waals surface area (Å²) >= 11 is 0. The number of hydrogen-bond acceptors (Lipinski definition) is 5. The summed E-state index contributed by atoms with van der Waals surface area (Å²) in [6, 6.07) is 9.51. The Kier molecular flexibility index (Phi) is 5.12. The van der Waals surface area contributed by atoms with E-state index in [1.165, 1.54) is 30.3 Å². The van der Waals surface area contributed by atoms with E-state index in [0.717, 1.165) is 6.07 Å². The Bertz CT molecular complexity index is 708. The summed E-state index contributed by atoms with van der Waals surface area (Å²) in [4.78, 5) is 15.2. The van der Waals surface area contributed by atoms with Crippen molar-refractivity contribution in [2.75, 3.05) is 22.6 Å². The molecule has 0 bridgehead atoms. The maximum Gasteiger partial charge on any atom is 0.490 e. The first-order valence-electron chi connectivity index (χ1n) is 6.95. The number of ether oxygens (including phenoxy) is 1. The van der Waals surface area contributed by atoms with Gasteiger partial charge >= 0.3 is 12.4 Å². The lowest BCUT2D eigenvalue weighted by atomic mass is 10.3. The van der Waals surface area contributed by atoms with Crippen LogP contribution in [-0.4, -0.2) is 24.0 Å². The first kappa shape index (κ1) is 17.4. The normalized spacial score (nSPS) is 11.0. The number of amides is 1. The predicted molar refractivity (Wildman–Crippen MR) is 83.9 cm³/mol. The molecule has 1 amide bonds. The predicted octanol–water partition coefficient (Wildman–Crippen LogP) is 3.89. The second-order valence-electron chi connectivity index (χ2n) is 4.59. The zero-order valence-electron chi connectivity index (χ0n) is 12.7. The number of carbonyl (C=O) groups is 1. The van der Waals surface area contributed by atoms with Crippen LogP contribution in [0.5, 0.6) is 0 Å². The van der Waals surface area contributed by atoms with Crippen LogP contribution in [-0.2, 0) is 4.74 Å². The van der Waals surface area contributed by atoms with Gasteiger partial charge in [0.05, 0.1) is 18.0 Å². The van der Waals surface area contributed by atoms with E-state index in [9.17, 15) is 18.0 Å². The number of aromatic nitrogens is 1. The zero-order chi connectivity index (χ0) is 17.7. The van der Waals surface area contributed by atoms with Crippen molar-refractivity contribution in [3.63, 3.8) is 0 Å². The summed E-state index contributed by atoms with van der Waals surface area (Å²) in [6.07, 6.45) is -5.47. The molecule has 128 valence electrons. The fraction of sp³-hybridized carbons (Fsp3) is 0.200. The SMILES string of the molecule is CCOC(=O)Nc1ccc(N(c2ccccc2)C(F)(F)F)nc1N. The van der Waals surface area contributed by atoms with Crippen molar-refractivity contribution < 1.29 is 22.7 Å². The summed E-state index contributed by atoms with van der Waals surface area (Å²) in [5, 5.41) is 2.31. The third-order valence-corrected chi connectivity index (χ3v) is 2.92. The second kappa shape index (κ2) is 7.07. The molecule has 1 heterocycles. The highest BCUT2D eigenvalue weighted by Crippen LogP contribution is 2.36. The molecule has 0 saturated carbocycles. The van der Waals surface area contributed by atoms with Gasteiger partial charge in [0.25, 0.3) is 0 Å². The summed E-state index contributed by atoms with van der Waals surface area (Å²) in [5.41, 5.74) is 5.60. The number of benzene rings is 1. The molecule has 0 spiro atoms. The van der Waals surface area contributed by atoms with Gasteiger partial charge in [-0.25, -0.2) is 14.7 Å². The van der Waals surface area contributed by atoms with E-state index in [1.54, 1.807) is 13.0 Å². The van der Waals surface area contributed by atoms with Crippen LogP contribution in [0.2, 0.25) is 0 Å². The van der Waals surface area contributed by atoms with Gasteiger partial charge in [-0.3, -0.25) is 5.32 Å². The number of nitrogens with two attached hydrogens (primary N) is 1. The summed E-state index contributed by atoms with van der Waals surface area (Å²) in [5.74, 6) is -0.675. The zero-order valence-corrected chi connectivity index (χ0v) is 12.7. The second-order valence-corrected chi connectivity index (χ2v) is 4.59. The Labute approximate surface area is 136 Å². The Balaban J connectivity index is 2.35. The van der Waals surface area contributed by atoms with Crippen molar-refractivity contribution in [2.45, 2.75) is 13.2 Å². The lowest BCUT2D eigenvalue weighted by molar-refractivity contribution is -0.121. The molecule has 0 atom stereocenters. The number of halogens is 3. The molecular formula is C15H15F3N4O2. The van der Waals surface area contributed by atoms with E-state index < -0.39 is 18.2 Å². The lowest BCUT2D eigenvalue weighted by Crippen LogP contribution is -2.34. The van der Waals surface area contributed by atoms with Crippen LogP contribution in [0.4, 0.5) is 41.0 Å². The van der Waals surface area contributed by atoms with E-state index >= 15 is 0 Å². The van der Waals surface area contributed by atoms with Crippen LogP contribution in [0.3, 0.4) is 0 Å². The molecule has 0 unspecified atom stereocenters. The highest BCUT2D eigenvalue weighted by Gasteiger charge is 2.39. The molecule has 1 aromatic carbocycles. The molecule has 0 fully saturated rings. The first-order chi connectivity index (χ1) is 11.3. The summed E-state index contributed by atoms with van der Waals surface area (Å²) in [7, 11) is 0. The van der Waals surface area contributed by atoms with Gasteiger partial charge in [0.2, 0.25) is 0 Å². The van der Waals surface area contributed by atoms with Gasteiger partial charge in [-0.15, -0.1) is 13.2 Å². The van der Waals surface area contributed by atoms with E-state index in [4.69, 9.17) is 5.73 Å². The summed E-state index contributed by atoms with van der Waals surface area (Å²) in [6.45, 7) is 1.76. The fourth-order valence-corrected chi connectivity index (χ4v) is 1.96. The molecule has 3 N–H and O–H groups in total. The molecule has 0 saturated heterocycles. The van der Waals surface area contributed by atoms with Gasteiger partial charge in [0.1, 0.15) is 11.6 Å². The van der Waals surface area contributed by atoms with Gasteiger partial charge in [0.15, 0.2) is 0 Å². The molecule has 1 aromatic heterocycles. The van der Waals surface area contributed by atoms with Crippen molar-refractivity contribution in [1.29, 1.82) is 0 Å². The Morgan fingerprint density at radius 1 is 1.25 bits per heavy atom. The molecule has 24 heavy (non-hydrogen) atoms. The smallest absolute Gasteiger partial charge is 0.450 e. The van der Waals surface area contributed by atoms with Crippen LogP contribution in [0.25, 0.3) is 0 Å². The molecular weight excluding hydrogens is 325 g/mol. The number of nitrogens with zero attached hydrogens (tertiary/aromatic N) is 2. The third-order valence-electron chi connectivity index (χ3n) is 2.92. The molecule has 6 nitrogen and oxygen atoms in total. The standard InChI is InChI=1S/C15H15F3N4O2/c1-2-24-14(23)20-11-8-9-12(21-13(11)19)22(15(16,17)18)10-6-4-3-5-7-10/h3-9H,2H2,1H3,(H2,19,21)(H,20,23). The number of rotatable bonds is 4. The lowest BCUT2D eigenvalue weighted by Gasteiger charge is -2.26. The van der Waals surface area contributed by atoms with Gasteiger partial charge in [0, 0.05) is 0 Å². The molecule has 9 heteroatoms. The average molecular weight is 340 g/mol. The van der Waals surface area contributed by atoms with Crippen LogP contribution in [0, 0.1) is 0 Å². The van der Waals surface area contributed by atoms with E-state index in [1.807, 2.05) is 0 Å². The van der Waals surface area contributed by atoms with E-state index in [0.29, 0.717) is 0 Å². The molecule has 2 aromatic rings. The highest BCUT2D eigenvalue weighted by atomic mass is 19.4. The Morgan fingerprint density at radius 3 is 2.46 bits per heavy atom. The first-order valence-corrected chi connectivity index (χ1v) is 6.95. The number of carbonyl (C=O) groups excluding carboxylic acids is 1. The third kappa shape index (κ3) is 4.06. The van der Waals surface area contributed by atoms with Crippen molar-refractivity contribution >= 4 is 29.1 Å². The number of para-hydroxylation sites is 1. The van der Waals surface area contributed by atoms with E-state index in [-0.39, 0.29) is 28.7 Å². The van der Waals surface area contributed by atoms with Crippen LogP contribution >= 0.6 is 0 Å². The maximum atomic E-state index is 13.4. The number of anilines is 4. The average Bonchev–Trinajstić information content (AvgIpc) is 2.50. The minimum Gasteiger partial charge on any atom is -0.450 e. The van der Waals surface area contributed by atoms with Crippen molar-refractivity contribution in [3.05, 3.63) is 42.5 Å². The minimum atomic E-state index is -4.70. The largest absolute Gasteiger partial charge is 0.490 e. The minimum absolute atomic E-state index is 0.0624. The van der Waals surface area contributed by atoms with Gasteiger partial charge < -0.3 is 10.5 Å². The van der Waals surface area contributed by atoms with Gasteiger partial charge in [-0.2, -0.15) is 0 Å². The molecule has 0 aliphatic rings.